The van der Waals surface area contributed by atoms with Gasteiger partial charge in [-0.1, -0.05) is 6.07 Å². The lowest BCUT2D eigenvalue weighted by Crippen LogP contribution is -2.37. The van der Waals surface area contributed by atoms with E-state index in [2.05, 4.69) is 4.98 Å². The number of carbonyl (C=O) groups excluding carboxylic acids is 1. The molecule has 1 aromatic heterocycles. The van der Waals surface area contributed by atoms with Gasteiger partial charge in [-0.2, -0.15) is 0 Å². The van der Waals surface area contributed by atoms with E-state index in [1.54, 1.807) is 4.90 Å². The van der Waals surface area contributed by atoms with Crippen LogP contribution in [-0.2, 0) is 0 Å². The van der Waals surface area contributed by atoms with Crippen molar-refractivity contribution in [2.75, 3.05) is 13.2 Å². The Bertz CT molecular complexity index is 576. The Kier molecular flexibility index (Phi) is 2.80. The summed E-state index contributed by atoms with van der Waals surface area (Å²) in [6.07, 6.45) is 3.74. The van der Waals surface area contributed by atoms with Crippen molar-refractivity contribution in [1.82, 2.24) is 9.88 Å². The second-order valence-electron chi connectivity index (χ2n) is 4.76. The van der Waals surface area contributed by atoms with Crippen molar-refractivity contribution in [2.24, 2.45) is 0 Å². The molecule has 1 fully saturated rings. The van der Waals surface area contributed by atoms with Crippen LogP contribution in [0.5, 0.6) is 0 Å². The quantitative estimate of drug-likeness (QED) is 0.845. The lowest BCUT2D eigenvalue weighted by atomic mass is 10.1. The third kappa shape index (κ3) is 1.78. The number of carbonyl (C=O) groups is 1. The van der Waals surface area contributed by atoms with Gasteiger partial charge in [-0.3, -0.25) is 4.79 Å². The number of likely N-dealkylation sites (tertiary alicyclic amines) is 1. The molecular formula is C14H16N2O2. The molecule has 1 aliphatic rings. The van der Waals surface area contributed by atoms with Gasteiger partial charge in [0.05, 0.1) is 12.6 Å². The van der Waals surface area contributed by atoms with Crippen LogP contribution in [0.2, 0.25) is 0 Å². The molecule has 1 unspecified atom stereocenters. The number of benzene rings is 1. The summed E-state index contributed by atoms with van der Waals surface area (Å²) in [5.41, 5.74) is 1.66. The minimum atomic E-state index is -0.0168. The summed E-state index contributed by atoms with van der Waals surface area (Å²) in [6, 6.07) is 7.64. The molecule has 4 heteroatoms. The van der Waals surface area contributed by atoms with Crippen LogP contribution in [0.15, 0.2) is 30.5 Å². The van der Waals surface area contributed by atoms with Crippen LogP contribution >= 0.6 is 0 Å². The SMILES string of the molecule is O=C(c1ccc2cc[nH]c2c1)N1CCCC1CO. The summed E-state index contributed by atoms with van der Waals surface area (Å²) in [5, 5.41) is 10.4. The van der Waals surface area contributed by atoms with E-state index in [0.717, 1.165) is 30.3 Å². The van der Waals surface area contributed by atoms with Crippen LogP contribution < -0.4 is 0 Å². The molecule has 2 N–H and O–H groups in total. The van der Waals surface area contributed by atoms with Crippen molar-refractivity contribution < 1.29 is 9.90 Å². The largest absolute Gasteiger partial charge is 0.394 e. The maximum absolute atomic E-state index is 12.4. The Morgan fingerprint density at radius 3 is 3.17 bits per heavy atom. The van der Waals surface area contributed by atoms with E-state index in [9.17, 15) is 9.90 Å². The highest BCUT2D eigenvalue weighted by atomic mass is 16.3. The van der Waals surface area contributed by atoms with Crippen LogP contribution in [0.25, 0.3) is 10.9 Å². The highest BCUT2D eigenvalue weighted by Crippen LogP contribution is 2.21. The van der Waals surface area contributed by atoms with Crippen molar-refractivity contribution in [3.63, 3.8) is 0 Å². The monoisotopic (exact) mass is 244 g/mol. The van der Waals surface area contributed by atoms with Gasteiger partial charge in [0.1, 0.15) is 0 Å². The van der Waals surface area contributed by atoms with Gasteiger partial charge in [-0.15, -0.1) is 0 Å². The van der Waals surface area contributed by atoms with E-state index < -0.39 is 0 Å². The predicted molar refractivity (Wildman–Crippen MR) is 69.4 cm³/mol. The van der Waals surface area contributed by atoms with E-state index in [1.807, 2.05) is 30.5 Å². The van der Waals surface area contributed by atoms with Gasteiger partial charge in [-0.05, 0) is 36.4 Å². The van der Waals surface area contributed by atoms with Gasteiger partial charge in [0.15, 0.2) is 0 Å². The number of hydrogen-bond donors (Lipinski definition) is 2. The van der Waals surface area contributed by atoms with Crippen molar-refractivity contribution >= 4 is 16.8 Å². The number of aromatic nitrogens is 1. The molecule has 1 saturated heterocycles. The van der Waals surface area contributed by atoms with Gasteiger partial charge >= 0.3 is 0 Å². The van der Waals surface area contributed by atoms with Crippen molar-refractivity contribution in [1.29, 1.82) is 0 Å². The van der Waals surface area contributed by atoms with Gasteiger partial charge in [-0.25, -0.2) is 0 Å². The molecule has 0 spiro atoms. The molecule has 1 atom stereocenters. The third-order valence-electron chi connectivity index (χ3n) is 3.65. The van der Waals surface area contributed by atoms with Gasteiger partial charge < -0.3 is 15.0 Å². The zero-order chi connectivity index (χ0) is 12.5. The third-order valence-corrected chi connectivity index (χ3v) is 3.65. The van der Waals surface area contributed by atoms with Crippen LogP contribution in [0, 0.1) is 0 Å². The fourth-order valence-electron chi connectivity index (χ4n) is 2.64. The first-order chi connectivity index (χ1) is 8.79. The average molecular weight is 244 g/mol. The number of nitrogens with one attached hydrogen (secondary N) is 1. The Hall–Kier alpha value is -1.81. The van der Waals surface area contributed by atoms with Crippen molar-refractivity contribution in [3.8, 4) is 0 Å². The molecule has 3 rings (SSSR count). The summed E-state index contributed by atoms with van der Waals surface area (Å²) in [5.74, 6) is 0.0167. The molecule has 0 saturated carbocycles. The Labute approximate surface area is 105 Å². The Morgan fingerprint density at radius 2 is 2.33 bits per heavy atom. The summed E-state index contributed by atoms with van der Waals surface area (Å²) < 4.78 is 0. The summed E-state index contributed by atoms with van der Waals surface area (Å²) in [6.45, 7) is 0.795. The van der Waals surface area contributed by atoms with E-state index in [-0.39, 0.29) is 18.6 Å². The molecule has 2 aromatic rings. The number of aliphatic hydroxyl groups is 1. The molecular weight excluding hydrogens is 228 g/mol. The second kappa shape index (κ2) is 4.46. The van der Waals surface area contributed by atoms with Gasteiger partial charge in [0.25, 0.3) is 5.91 Å². The molecule has 18 heavy (non-hydrogen) atoms. The van der Waals surface area contributed by atoms with Crippen molar-refractivity contribution in [3.05, 3.63) is 36.0 Å². The maximum atomic E-state index is 12.4. The predicted octanol–water partition coefficient (Wildman–Crippen LogP) is 1.76. The number of rotatable bonds is 2. The Balaban J connectivity index is 1.91. The minimum Gasteiger partial charge on any atom is -0.394 e. The molecule has 0 aliphatic carbocycles. The smallest absolute Gasteiger partial charge is 0.254 e. The molecule has 1 aliphatic heterocycles. The zero-order valence-corrected chi connectivity index (χ0v) is 10.1. The van der Waals surface area contributed by atoms with Gasteiger partial charge in [0.2, 0.25) is 0 Å². The molecule has 94 valence electrons. The standard InChI is InChI=1S/C14H16N2O2/c17-9-12-2-1-7-16(12)14(18)11-4-3-10-5-6-15-13(10)8-11/h3-6,8,12,15,17H,1-2,7,9H2. The van der Waals surface area contributed by atoms with E-state index in [1.165, 1.54) is 0 Å². The first kappa shape index (κ1) is 11.3. The normalized spacial score (nSPS) is 19.6. The van der Waals surface area contributed by atoms with Gasteiger partial charge in [0, 0.05) is 23.8 Å². The number of fused-ring (bicyclic) bond motifs is 1. The van der Waals surface area contributed by atoms with Crippen LogP contribution in [0.3, 0.4) is 0 Å². The number of aliphatic hydroxyl groups excluding tert-OH is 1. The lowest BCUT2D eigenvalue weighted by molar-refractivity contribution is 0.0678. The Morgan fingerprint density at radius 1 is 1.44 bits per heavy atom. The van der Waals surface area contributed by atoms with E-state index in [0.29, 0.717) is 5.56 Å². The molecule has 2 heterocycles. The first-order valence-corrected chi connectivity index (χ1v) is 6.28. The molecule has 0 radical (unpaired) electrons. The van der Waals surface area contributed by atoms with E-state index in [4.69, 9.17) is 0 Å². The summed E-state index contributed by atoms with van der Waals surface area (Å²) in [4.78, 5) is 17.3. The van der Waals surface area contributed by atoms with E-state index >= 15 is 0 Å². The molecule has 0 bridgehead atoms. The topological polar surface area (TPSA) is 56.3 Å². The number of hydrogen-bond acceptors (Lipinski definition) is 2. The highest BCUT2D eigenvalue weighted by molar-refractivity contribution is 5.98. The summed E-state index contributed by atoms with van der Waals surface area (Å²) in [7, 11) is 0. The van der Waals surface area contributed by atoms with Crippen molar-refractivity contribution in [2.45, 2.75) is 18.9 Å². The summed E-state index contributed by atoms with van der Waals surface area (Å²) >= 11 is 0. The maximum Gasteiger partial charge on any atom is 0.254 e. The number of H-pyrrole nitrogens is 1. The lowest BCUT2D eigenvalue weighted by Gasteiger charge is -2.23. The first-order valence-electron chi connectivity index (χ1n) is 6.28. The second-order valence-corrected chi connectivity index (χ2v) is 4.76. The van der Waals surface area contributed by atoms with Crippen LogP contribution in [0.4, 0.5) is 0 Å². The number of aromatic amines is 1. The van der Waals surface area contributed by atoms with Crippen LogP contribution in [-0.4, -0.2) is 40.1 Å². The minimum absolute atomic E-state index is 0.0167. The fraction of sp³-hybridized carbons (Fsp3) is 0.357. The van der Waals surface area contributed by atoms with Crippen LogP contribution in [0.1, 0.15) is 23.2 Å². The number of amides is 1. The molecule has 4 nitrogen and oxygen atoms in total. The molecule has 1 amide bonds. The zero-order valence-electron chi connectivity index (χ0n) is 10.1. The number of nitrogens with zero attached hydrogens (tertiary/aromatic N) is 1. The highest BCUT2D eigenvalue weighted by Gasteiger charge is 2.28. The fourth-order valence-corrected chi connectivity index (χ4v) is 2.64. The average Bonchev–Trinajstić information content (AvgIpc) is 3.05. The molecule has 1 aromatic carbocycles.